The fourth-order valence-corrected chi connectivity index (χ4v) is 3.40. The molecule has 5 aromatic rings. The van der Waals surface area contributed by atoms with Gasteiger partial charge in [0.25, 0.3) is 0 Å². The Morgan fingerprint density at radius 2 is 2.00 bits per heavy atom. The van der Waals surface area contributed by atoms with E-state index in [0.717, 1.165) is 24.6 Å². The Bertz CT molecular complexity index is 1330. The number of benzene rings is 1. The van der Waals surface area contributed by atoms with Gasteiger partial charge in [0.2, 0.25) is 0 Å². The van der Waals surface area contributed by atoms with Crippen molar-refractivity contribution in [3.05, 3.63) is 78.1 Å². The van der Waals surface area contributed by atoms with E-state index in [1.807, 2.05) is 25.3 Å². The van der Waals surface area contributed by atoms with E-state index in [4.69, 9.17) is 10.8 Å². The maximum atomic E-state index is 13.1. The molecule has 0 spiro atoms. The number of halogens is 1. The zero-order chi connectivity index (χ0) is 21.8. The topological polar surface area (TPSA) is 105 Å². The molecule has 0 saturated carbocycles. The van der Waals surface area contributed by atoms with Crippen LogP contribution in [0.15, 0.2) is 61.2 Å². The molecule has 0 aliphatic heterocycles. The zero-order valence-electron chi connectivity index (χ0n) is 17.1. The van der Waals surface area contributed by atoms with Gasteiger partial charge in [-0.15, -0.1) is 0 Å². The predicted molar refractivity (Wildman–Crippen MR) is 119 cm³/mol. The van der Waals surface area contributed by atoms with E-state index >= 15 is 0 Å². The molecule has 4 aromatic heterocycles. The summed E-state index contributed by atoms with van der Waals surface area (Å²) in [5.74, 6) is 0.0466. The summed E-state index contributed by atoms with van der Waals surface area (Å²) in [7, 11) is 0. The first-order valence-electron chi connectivity index (χ1n) is 9.94. The summed E-state index contributed by atoms with van der Waals surface area (Å²) in [5.41, 5.74) is 11.1. The average molecular weight is 418 g/mol. The predicted octanol–water partition coefficient (Wildman–Crippen LogP) is 3.91. The van der Waals surface area contributed by atoms with Crippen LogP contribution in [-0.4, -0.2) is 36.3 Å². The minimum Gasteiger partial charge on any atom is -0.396 e. The number of nitrogen functional groups attached to an aromatic ring is 1. The zero-order valence-corrected chi connectivity index (χ0v) is 17.1. The Morgan fingerprint density at radius 1 is 1.16 bits per heavy atom. The molecule has 0 unspecified atom stereocenters. The van der Waals surface area contributed by atoms with E-state index in [9.17, 15) is 4.39 Å². The van der Waals surface area contributed by atoms with Crippen LogP contribution in [-0.2, 0) is 6.42 Å². The summed E-state index contributed by atoms with van der Waals surface area (Å²) in [5, 5.41) is 14.1. The summed E-state index contributed by atoms with van der Waals surface area (Å²) in [6.45, 7) is 2.15. The number of H-pyrrole nitrogens is 1. The molecule has 0 fully saturated rings. The number of nitrogens with one attached hydrogen (secondary N) is 1. The highest BCUT2D eigenvalue weighted by atomic mass is 19.1. The van der Waals surface area contributed by atoms with Crippen molar-refractivity contribution in [3.63, 3.8) is 0 Å². The summed E-state index contributed by atoms with van der Waals surface area (Å²) in [6, 6.07) is 11.3. The van der Waals surface area contributed by atoms with Gasteiger partial charge in [-0.1, -0.05) is 18.2 Å². The highest BCUT2D eigenvalue weighted by Gasteiger charge is 2.09. The molecular formula is C23H23FN6O. The largest absolute Gasteiger partial charge is 0.396 e. The smallest absolute Gasteiger partial charge is 0.160 e. The van der Waals surface area contributed by atoms with Gasteiger partial charge in [0.15, 0.2) is 5.65 Å². The number of aliphatic hydroxyl groups excluding tert-OH is 1. The van der Waals surface area contributed by atoms with Crippen LogP contribution >= 0.6 is 0 Å². The van der Waals surface area contributed by atoms with Crippen LogP contribution in [0.4, 0.5) is 10.2 Å². The fourth-order valence-electron chi connectivity index (χ4n) is 3.40. The van der Waals surface area contributed by atoms with Crippen LogP contribution in [0.5, 0.6) is 0 Å². The SMILES string of the molecule is Cc1cnn2c(N)cc(-c3cncc(F)c3)nc12.OCCCc1c[nH]c2ccccc12. The average Bonchev–Trinajstić information content (AvgIpc) is 3.37. The van der Waals surface area contributed by atoms with Crippen molar-refractivity contribution in [2.75, 3.05) is 12.3 Å². The standard InChI is InChI=1S/C12H10FN5.C11H13NO/c1-7-4-16-18-11(14)3-10(17-12(7)18)8-2-9(13)6-15-5-8;13-7-3-4-9-8-12-11-6-2-1-5-10(9)11/h2-6H,14H2,1H3;1-2,5-6,8,12-13H,3-4,7H2. The van der Waals surface area contributed by atoms with Gasteiger partial charge < -0.3 is 15.8 Å². The Balaban J connectivity index is 0.000000158. The summed E-state index contributed by atoms with van der Waals surface area (Å²) in [6.07, 6.45) is 8.19. The molecule has 0 atom stereocenters. The minimum atomic E-state index is -0.405. The van der Waals surface area contributed by atoms with Gasteiger partial charge in [0.1, 0.15) is 11.6 Å². The normalized spacial score (nSPS) is 10.9. The van der Waals surface area contributed by atoms with Crippen LogP contribution in [0.3, 0.4) is 0 Å². The van der Waals surface area contributed by atoms with E-state index in [0.29, 0.717) is 22.7 Å². The number of aliphatic hydroxyl groups is 1. The van der Waals surface area contributed by atoms with Gasteiger partial charge in [-0.25, -0.2) is 9.37 Å². The van der Waals surface area contributed by atoms with E-state index in [1.54, 1.807) is 23.0 Å². The summed E-state index contributed by atoms with van der Waals surface area (Å²) >= 11 is 0. The van der Waals surface area contributed by atoms with Gasteiger partial charge in [0, 0.05) is 47.1 Å². The van der Waals surface area contributed by atoms with Crippen LogP contribution in [0.1, 0.15) is 17.5 Å². The van der Waals surface area contributed by atoms with E-state index < -0.39 is 5.82 Å². The van der Waals surface area contributed by atoms with Crippen LogP contribution < -0.4 is 5.73 Å². The van der Waals surface area contributed by atoms with Crippen molar-refractivity contribution in [3.8, 4) is 11.3 Å². The molecule has 1 aromatic carbocycles. The maximum Gasteiger partial charge on any atom is 0.160 e. The number of aryl methyl sites for hydroxylation is 2. The second-order valence-corrected chi connectivity index (χ2v) is 7.21. The third-order valence-electron chi connectivity index (χ3n) is 4.96. The van der Waals surface area contributed by atoms with Crippen molar-refractivity contribution >= 4 is 22.4 Å². The quantitative estimate of drug-likeness (QED) is 0.410. The van der Waals surface area contributed by atoms with E-state index in [1.165, 1.54) is 22.5 Å². The second-order valence-electron chi connectivity index (χ2n) is 7.21. The van der Waals surface area contributed by atoms with Crippen molar-refractivity contribution in [1.82, 2.24) is 24.6 Å². The number of anilines is 1. The van der Waals surface area contributed by atoms with Gasteiger partial charge in [0.05, 0.1) is 18.1 Å². The summed E-state index contributed by atoms with van der Waals surface area (Å²) in [4.78, 5) is 11.4. The lowest BCUT2D eigenvalue weighted by molar-refractivity contribution is 0.289. The van der Waals surface area contributed by atoms with Gasteiger partial charge in [-0.2, -0.15) is 9.61 Å². The van der Waals surface area contributed by atoms with Crippen LogP contribution in [0.2, 0.25) is 0 Å². The number of rotatable bonds is 4. The monoisotopic (exact) mass is 418 g/mol. The van der Waals surface area contributed by atoms with E-state index in [2.05, 4.69) is 32.2 Å². The third-order valence-corrected chi connectivity index (χ3v) is 4.96. The number of pyridine rings is 1. The molecule has 4 heterocycles. The van der Waals surface area contributed by atoms with Crippen molar-refractivity contribution < 1.29 is 9.50 Å². The first-order valence-corrected chi connectivity index (χ1v) is 9.94. The molecule has 8 heteroatoms. The Labute approximate surface area is 178 Å². The number of nitrogens with zero attached hydrogens (tertiary/aromatic N) is 4. The van der Waals surface area contributed by atoms with Crippen LogP contribution in [0, 0.1) is 12.7 Å². The highest BCUT2D eigenvalue weighted by Crippen LogP contribution is 2.22. The molecule has 31 heavy (non-hydrogen) atoms. The minimum absolute atomic E-state index is 0.263. The molecule has 0 amide bonds. The number of fused-ring (bicyclic) bond motifs is 2. The Morgan fingerprint density at radius 3 is 2.81 bits per heavy atom. The van der Waals surface area contributed by atoms with Gasteiger partial charge in [-0.05, 0) is 37.5 Å². The number of nitrogens with two attached hydrogens (primary N) is 1. The molecule has 0 radical (unpaired) electrons. The first kappa shape index (κ1) is 20.5. The maximum absolute atomic E-state index is 13.1. The van der Waals surface area contributed by atoms with Crippen molar-refractivity contribution in [1.29, 1.82) is 0 Å². The van der Waals surface area contributed by atoms with Crippen molar-refractivity contribution in [2.45, 2.75) is 19.8 Å². The molecule has 7 nitrogen and oxygen atoms in total. The van der Waals surface area contributed by atoms with Gasteiger partial charge >= 0.3 is 0 Å². The lowest BCUT2D eigenvalue weighted by Crippen LogP contribution is -2.01. The number of hydrogen-bond donors (Lipinski definition) is 3. The Kier molecular flexibility index (Phi) is 5.90. The molecule has 4 N–H and O–H groups in total. The molecule has 158 valence electrons. The third kappa shape index (κ3) is 4.39. The van der Waals surface area contributed by atoms with E-state index in [-0.39, 0.29) is 6.61 Å². The molecule has 5 rings (SSSR count). The number of aromatic amines is 1. The Hall–Kier alpha value is -3.78. The molecule has 0 saturated heterocycles. The van der Waals surface area contributed by atoms with Gasteiger partial charge in [-0.3, -0.25) is 4.98 Å². The lowest BCUT2D eigenvalue weighted by atomic mass is 10.1. The first-order chi connectivity index (χ1) is 15.1. The second kappa shape index (κ2) is 8.93. The highest BCUT2D eigenvalue weighted by molar-refractivity contribution is 5.83. The van der Waals surface area contributed by atoms with Crippen LogP contribution in [0.25, 0.3) is 27.8 Å². The molecule has 0 aliphatic rings. The number of hydrogen-bond acceptors (Lipinski definition) is 5. The number of para-hydroxylation sites is 1. The summed E-state index contributed by atoms with van der Waals surface area (Å²) < 4.78 is 14.7. The lowest BCUT2D eigenvalue weighted by Gasteiger charge is -2.04. The number of aromatic nitrogens is 5. The molecule has 0 aliphatic carbocycles. The van der Waals surface area contributed by atoms with Crippen molar-refractivity contribution in [2.24, 2.45) is 0 Å². The molecular weight excluding hydrogens is 395 g/mol. The fraction of sp³-hybridized carbons (Fsp3) is 0.174. The molecule has 0 bridgehead atoms.